The van der Waals surface area contributed by atoms with Crippen LogP contribution in [0, 0.1) is 0 Å². The van der Waals surface area contributed by atoms with E-state index in [0.717, 1.165) is 22.4 Å². The molecule has 3 nitrogen and oxygen atoms in total. The Morgan fingerprint density at radius 1 is 1.06 bits per heavy atom. The van der Waals surface area contributed by atoms with Gasteiger partial charge in [0.15, 0.2) is 0 Å². The number of aromatic nitrogens is 3. The average molecular weight is 259 g/mol. The van der Waals surface area contributed by atoms with Gasteiger partial charge in [-0.25, -0.2) is 9.97 Å². The molecule has 0 unspecified atom stereocenters. The highest BCUT2D eigenvalue weighted by Gasteiger charge is 2.13. The van der Waals surface area contributed by atoms with Crippen molar-refractivity contribution in [2.45, 2.75) is 39.5 Å². The summed E-state index contributed by atoms with van der Waals surface area (Å²) in [6.45, 7) is 8.66. The number of imidazole rings is 1. The number of H-pyrrole nitrogens is 1. The first-order valence-corrected chi connectivity index (χ1v) is 7.17. The maximum Gasteiger partial charge on any atom is 0.109 e. The molecule has 1 aromatic carbocycles. The molecule has 3 rings (SSSR count). The van der Waals surface area contributed by atoms with Gasteiger partial charge in [-0.1, -0.05) is 27.7 Å². The van der Waals surface area contributed by atoms with Crippen LogP contribution in [0.2, 0.25) is 0 Å². The van der Waals surface area contributed by atoms with E-state index in [1.54, 1.807) is 11.3 Å². The van der Waals surface area contributed by atoms with Crippen LogP contribution < -0.4 is 0 Å². The smallest absolute Gasteiger partial charge is 0.109 e. The quantitative estimate of drug-likeness (QED) is 0.740. The molecule has 0 aliphatic rings. The largest absolute Gasteiger partial charge is 0.340 e. The van der Waals surface area contributed by atoms with Crippen molar-refractivity contribution in [2.75, 3.05) is 0 Å². The van der Waals surface area contributed by atoms with Crippen LogP contribution >= 0.6 is 11.3 Å². The number of nitrogens with zero attached hydrogens (tertiary/aromatic N) is 2. The van der Waals surface area contributed by atoms with Gasteiger partial charge in [-0.3, -0.25) is 0 Å². The normalized spacial score (nSPS) is 12.3. The molecule has 0 amide bonds. The van der Waals surface area contributed by atoms with Gasteiger partial charge in [0.05, 0.1) is 20.7 Å². The van der Waals surface area contributed by atoms with E-state index in [-0.39, 0.29) is 0 Å². The third kappa shape index (κ3) is 1.72. The molecular weight excluding hydrogens is 242 g/mol. The third-order valence-electron chi connectivity index (χ3n) is 3.09. The number of benzene rings is 1. The lowest BCUT2D eigenvalue weighted by atomic mass is 10.2. The maximum absolute atomic E-state index is 4.76. The first kappa shape index (κ1) is 11.7. The molecule has 0 atom stereocenters. The van der Waals surface area contributed by atoms with Crippen LogP contribution in [-0.4, -0.2) is 15.0 Å². The SMILES string of the molecule is CC(C)c1nc2ccc3sc(C(C)C)nc3c2[nH]1. The molecule has 2 heterocycles. The highest BCUT2D eigenvalue weighted by Crippen LogP contribution is 2.31. The Hall–Kier alpha value is -1.42. The second-order valence-corrected chi connectivity index (χ2v) is 6.35. The monoisotopic (exact) mass is 259 g/mol. The van der Waals surface area contributed by atoms with E-state index in [0.29, 0.717) is 11.8 Å². The van der Waals surface area contributed by atoms with E-state index in [9.17, 15) is 0 Å². The molecule has 0 saturated heterocycles. The zero-order valence-electron chi connectivity index (χ0n) is 11.1. The van der Waals surface area contributed by atoms with Crippen molar-refractivity contribution >= 4 is 32.6 Å². The topological polar surface area (TPSA) is 41.6 Å². The minimum Gasteiger partial charge on any atom is -0.340 e. The van der Waals surface area contributed by atoms with Crippen molar-refractivity contribution in [3.8, 4) is 0 Å². The van der Waals surface area contributed by atoms with Gasteiger partial charge < -0.3 is 4.98 Å². The fourth-order valence-corrected chi connectivity index (χ4v) is 3.00. The summed E-state index contributed by atoms with van der Waals surface area (Å²) in [5.41, 5.74) is 3.17. The number of rotatable bonds is 2. The maximum atomic E-state index is 4.76. The molecule has 0 fully saturated rings. The molecule has 0 radical (unpaired) electrons. The summed E-state index contributed by atoms with van der Waals surface area (Å²) in [6, 6.07) is 4.22. The predicted octanol–water partition coefficient (Wildman–Crippen LogP) is 4.42. The fourth-order valence-electron chi connectivity index (χ4n) is 2.02. The Morgan fingerprint density at radius 3 is 2.50 bits per heavy atom. The van der Waals surface area contributed by atoms with Gasteiger partial charge in [0.25, 0.3) is 0 Å². The van der Waals surface area contributed by atoms with E-state index in [4.69, 9.17) is 4.98 Å². The Balaban J connectivity index is 2.30. The van der Waals surface area contributed by atoms with Crippen molar-refractivity contribution in [1.82, 2.24) is 15.0 Å². The summed E-state index contributed by atoms with van der Waals surface area (Å²) in [4.78, 5) is 12.8. The van der Waals surface area contributed by atoms with Crippen LogP contribution in [0.5, 0.6) is 0 Å². The lowest BCUT2D eigenvalue weighted by molar-refractivity contribution is 0.799. The minimum absolute atomic E-state index is 0.413. The Kier molecular flexibility index (Phi) is 2.63. The van der Waals surface area contributed by atoms with Gasteiger partial charge in [0.2, 0.25) is 0 Å². The lowest BCUT2D eigenvalue weighted by Crippen LogP contribution is -1.88. The Bertz CT molecular complexity index is 645. The number of nitrogens with one attached hydrogen (secondary N) is 1. The zero-order valence-corrected chi connectivity index (χ0v) is 11.9. The summed E-state index contributed by atoms with van der Waals surface area (Å²) < 4.78 is 1.24. The molecule has 0 bridgehead atoms. The van der Waals surface area contributed by atoms with Crippen LogP contribution in [0.15, 0.2) is 12.1 Å². The molecule has 0 spiro atoms. The molecule has 94 valence electrons. The van der Waals surface area contributed by atoms with Gasteiger partial charge in [-0.2, -0.15) is 0 Å². The van der Waals surface area contributed by atoms with E-state index in [1.807, 2.05) is 0 Å². The molecule has 1 N–H and O–H groups in total. The van der Waals surface area contributed by atoms with Crippen LogP contribution in [0.3, 0.4) is 0 Å². The molecule has 2 aromatic heterocycles. The second kappa shape index (κ2) is 4.05. The molecule has 4 heteroatoms. The summed E-state index contributed by atoms with van der Waals surface area (Å²) >= 11 is 1.78. The number of hydrogen-bond donors (Lipinski definition) is 1. The van der Waals surface area contributed by atoms with Gasteiger partial charge in [0.1, 0.15) is 11.3 Å². The fraction of sp³-hybridized carbons (Fsp3) is 0.429. The number of hydrogen-bond acceptors (Lipinski definition) is 3. The molecule has 0 aliphatic carbocycles. The standard InChI is InChI=1S/C14H17N3S/c1-7(2)13-15-9-5-6-10-12(11(9)16-13)17-14(18-10)8(3)4/h5-8H,1-4H3,(H,15,16). The summed E-state index contributed by atoms with van der Waals surface area (Å²) in [5, 5.41) is 1.19. The summed E-state index contributed by atoms with van der Waals surface area (Å²) in [7, 11) is 0. The van der Waals surface area contributed by atoms with Crippen molar-refractivity contribution < 1.29 is 0 Å². The third-order valence-corrected chi connectivity index (χ3v) is 4.41. The molecular formula is C14H17N3S. The van der Waals surface area contributed by atoms with Crippen molar-refractivity contribution in [3.05, 3.63) is 23.0 Å². The van der Waals surface area contributed by atoms with Crippen molar-refractivity contribution in [1.29, 1.82) is 0 Å². The second-order valence-electron chi connectivity index (χ2n) is 5.29. The Morgan fingerprint density at radius 2 is 1.83 bits per heavy atom. The lowest BCUT2D eigenvalue weighted by Gasteiger charge is -1.96. The predicted molar refractivity (Wildman–Crippen MR) is 77.4 cm³/mol. The molecule has 0 aliphatic heterocycles. The van der Waals surface area contributed by atoms with Crippen LogP contribution in [0.4, 0.5) is 0 Å². The van der Waals surface area contributed by atoms with Crippen LogP contribution in [0.1, 0.15) is 50.4 Å². The van der Waals surface area contributed by atoms with Gasteiger partial charge in [-0.15, -0.1) is 11.3 Å². The van der Waals surface area contributed by atoms with Gasteiger partial charge >= 0.3 is 0 Å². The van der Waals surface area contributed by atoms with E-state index in [2.05, 4.69) is 49.8 Å². The number of aromatic amines is 1. The van der Waals surface area contributed by atoms with E-state index >= 15 is 0 Å². The average Bonchev–Trinajstić information content (AvgIpc) is 2.91. The minimum atomic E-state index is 0.413. The van der Waals surface area contributed by atoms with Gasteiger partial charge in [0, 0.05) is 11.8 Å². The van der Waals surface area contributed by atoms with E-state index in [1.165, 1.54) is 9.71 Å². The number of thiazole rings is 1. The first-order chi connectivity index (χ1) is 8.56. The zero-order chi connectivity index (χ0) is 12.9. The number of fused-ring (bicyclic) bond motifs is 3. The molecule has 3 aromatic rings. The highest BCUT2D eigenvalue weighted by molar-refractivity contribution is 7.18. The highest BCUT2D eigenvalue weighted by atomic mass is 32.1. The first-order valence-electron chi connectivity index (χ1n) is 6.35. The summed E-state index contributed by atoms with van der Waals surface area (Å²) in [6.07, 6.45) is 0. The molecule has 18 heavy (non-hydrogen) atoms. The van der Waals surface area contributed by atoms with Gasteiger partial charge in [-0.05, 0) is 12.1 Å². The van der Waals surface area contributed by atoms with Crippen LogP contribution in [-0.2, 0) is 0 Å². The summed E-state index contributed by atoms with van der Waals surface area (Å²) in [5.74, 6) is 1.93. The van der Waals surface area contributed by atoms with E-state index < -0.39 is 0 Å². The van der Waals surface area contributed by atoms with Crippen LogP contribution in [0.25, 0.3) is 21.3 Å². The molecule has 0 saturated carbocycles. The van der Waals surface area contributed by atoms with Crippen molar-refractivity contribution in [3.63, 3.8) is 0 Å². The Labute approximate surface area is 110 Å². The van der Waals surface area contributed by atoms with Crippen molar-refractivity contribution in [2.24, 2.45) is 0 Å².